The van der Waals surface area contributed by atoms with Crippen molar-refractivity contribution in [3.63, 3.8) is 0 Å². The fourth-order valence-corrected chi connectivity index (χ4v) is 2.98. The van der Waals surface area contributed by atoms with Gasteiger partial charge < -0.3 is 9.73 Å². The van der Waals surface area contributed by atoms with E-state index in [0.717, 1.165) is 0 Å². The van der Waals surface area contributed by atoms with Gasteiger partial charge in [-0.1, -0.05) is 29.3 Å². The minimum atomic E-state index is -0.722. The highest BCUT2D eigenvalue weighted by Gasteiger charge is 2.15. The lowest BCUT2D eigenvalue weighted by Gasteiger charge is -2.07. The molecule has 0 bridgehead atoms. The Bertz CT molecular complexity index is 1230. The summed E-state index contributed by atoms with van der Waals surface area (Å²) >= 11 is 12.2. The minimum absolute atomic E-state index is 0.174. The zero-order valence-corrected chi connectivity index (χ0v) is 17.0. The smallest absolute Gasteiger partial charge is 0.271 e. The molecule has 0 unspecified atom stereocenters. The first-order valence-electron chi connectivity index (χ1n) is 8.52. The van der Waals surface area contributed by atoms with Gasteiger partial charge in [-0.3, -0.25) is 14.9 Å². The number of nitriles is 1. The van der Waals surface area contributed by atoms with Crippen LogP contribution < -0.4 is 5.32 Å². The first kappa shape index (κ1) is 21.1. The van der Waals surface area contributed by atoms with Crippen LogP contribution in [0.1, 0.15) is 11.3 Å². The molecule has 2 aromatic carbocycles. The van der Waals surface area contributed by atoms with E-state index >= 15 is 0 Å². The van der Waals surface area contributed by atoms with Crippen LogP contribution in [0.3, 0.4) is 0 Å². The second-order valence-electron chi connectivity index (χ2n) is 6.21. The monoisotopic (exact) mass is 441 g/mol. The number of furan rings is 1. The Kier molecular flexibility index (Phi) is 6.21. The molecule has 0 spiro atoms. The number of amides is 1. The Hall–Kier alpha value is -3.60. The molecule has 9 heteroatoms. The molecule has 0 fully saturated rings. The largest absolute Gasteiger partial charge is 0.457 e. The van der Waals surface area contributed by atoms with Crippen LogP contribution >= 0.6 is 23.2 Å². The molecule has 1 heterocycles. The zero-order chi connectivity index (χ0) is 21.8. The summed E-state index contributed by atoms with van der Waals surface area (Å²) in [6.45, 7) is 1.68. The Balaban J connectivity index is 1.86. The first-order valence-corrected chi connectivity index (χ1v) is 9.27. The van der Waals surface area contributed by atoms with Crippen molar-refractivity contribution < 1.29 is 14.1 Å². The summed E-state index contributed by atoms with van der Waals surface area (Å²) in [5.74, 6) is -0.0516. The van der Waals surface area contributed by atoms with Gasteiger partial charge in [-0.2, -0.15) is 5.26 Å². The average Bonchev–Trinajstić information content (AvgIpc) is 3.17. The van der Waals surface area contributed by atoms with E-state index in [4.69, 9.17) is 27.6 Å². The van der Waals surface area contributed by atoms with Gasteiger partial charge in [-0.05, 0) is 42.8 Å². The third kappa shape index (κ3) is 4.69. The van der Waals surface area contributed by atoms with Crippen molar-refractivity contribution in [2.75, 3.05) is 5.32 Å². The molecule has 150 valence electrons. The van der Waals surface area contributed by atoms with E-state index in [1.54, 1.807) is 43.3 Å². The van der Waals surface area contributed by atoms with Crippen LogP contribution in [0, 0.1) is 28.4 Å². The number of non-ortho nitro benzene ring substituents is 1. The number of aryl methyl sites for hydroxylation is 1. The van der Waals surface area contributed by atoms with Crippen LogP contribution in [0.15, 0.2) is 58.5 Å². The van der Waals surface area contributed by atoms with Crippen LogP contribution in [0.25, 0.3) is 17.4 Å². The molecule has 0 aliphatic rings. The third-order valence-corrected chi connectivity index (χ3v) is 4.72. The highest BCUT2D eigenvalue weighted by atomic mass is 35.5. The number of nitro groups is 1. The molecule has 3 rings (SSSR count). The normalized spacial score (nSPS) is 11.1. The summed E-state index contributed by atoms with van der Waals surface area (Å²) in [5, 5.41) is 23.8. The molecule has 7 nitrogen and oxygen atoms in total. The van der Waals surface area contributed by atoms with Crippen molar-refractivity contribution in [2.45, 2.75) is 6.92 Å². The van der Waals surface area contributed by atoms with E-state index in [1.807, 2.05) is 0 Å². The summed E-state index contributed by atoms with van der Waals surface area (Å²) in [4.78, 5) is 22.9. The summed E-state index contributed by atoms with van der Waals surface area (Å²) in [6, 6.07) is 14.0. The van der Waals surface area contributed by atoms with Crippen LogP contribution in [-0.2, 0) is 4.79 Å². The summed E-state index contributed by atoms with van der Waals surface area (Å²) in [6.07, 6.45) is 1.27. The topological polar surface area (TPSA) is 109 Å². The third-order valence-electron chi connectivity index (χ3n) is 4.15. The van der Waals surface area contributed by atoms with Gasteiger partial charge in [-0.25, -0.2) is 0 Å². The van der Waals surface area contributed by atoms with Gasteiger partial charge in [0.05, 0.1) is 15.6 Å². The Morgan fingerprint density at radius 3 is 2.67 bits per heavy atom. The van der Waals surface area contributed by atoms with Gasteiger partial charge in [0.2, 0.25) is 0 Å². The second-order valence-corrected chi connectivity index (χ2v) is 7.05. The van der Waals surface area contributed by atoms with Gasteiger partial charge in [0.1, 0.15) is 23.2 Å². The lowest BCUT2D eigenvalue weighted by atomic mass is 10.1. The number of halogens is 2. The minimum Gasteiger partial charge on any atom is -0.457 e. The maximum atomic E-state index is 12.5. The summed E-state index contributed by atoms with van der Waals surface area (Å²) in [5.41, 5.74) is 1.01. The van der Waals surface area contributed by atoms with E-state index in [1.165, 1.54) is 24.3 Å². The predicted molar refractivity (Wildman–Crippen MR) is 114 cm³/mol. The van der Waals surface area contributed by atoms with Gasteiger partial charge in [0.15, 0.2) is 0 Å². The maximum absolute atomic E-state index is 12.5. The van der Waals surface area contributed by atoms with Crippen LogP contribution in [0.2, 0.25) is 10.0 Å². The van der Waals surface area contributed by atoms with Crippen molar-refractivity contribution in [3.05, 3.63) is 85.6 Å². The quantitative estimate of drug-likeness (QED) is 0.225. The number of carbonyl (C=O) groups excluding carboxylic acids is 1. The molecule has 30 heavy (non-hydrogen) atoms. The van der Waals surface area contributed by atoms with E-state index in [0.29, 0.717) is 26.9 Å². The molecule has 1 amide bonds. The fraction of sp³-hybridized carbons (Fsp3) is 0.0476. The molecule has 1 aromatic heterocycles. The van der Waals surface area contributed by atoms with Gasteiger partial charge in [0.25, 0.3) is 11.6 Å². The number of hydrogen-bond acceptors (Lipinski definition) is 5. The van der Waals surface area contributed by atoms with Crippen LogP contribution in [0.5, 0.6) is 0 Å². The number of nitrogens with zero attached hydrogens (tertiary/aromatic N) is 2. The second kappa shape index (κ2) is 8.82. The van der Waals surface area contributed by atoms with E-state index in [-0.39, 0.29) is 22.7 Å². The van der Waals surface area contributed by atoms with E-state index in [2.05, 4.69) is 5.32 Å². The summed E-state index contributed by atoms with van der Waals surface area (Å²) in [7, 11) is 0. The first-order chi connectivity index (χ1) is 14.3. The highest BCUT2D eigenvalue weighted by Crippen LogP contribution is 2.32. The highest BCUT2D eigenvalue weighted by molar-refractivity contribution is 6.35. The zero-order valence-electron chi connectivity index (χ0n) is 15.5. The fourth-order valence-electron chi connectivity index (χ4n) is 2.60. The molecule has 0 saturated carbocycles. The van der Waals surface area contributed by atoms with Crippen molar-refractivity contribution in [3.8, 4) is 17.4 Å². The molecular formula is C21H13Cl2N3O4. The average molecular weight is 442 g/mol. The van der Waals surface area contributed by atoms with Crippen molar-refractivity contribution in [2.24, 2.45) is 0 Å². The Morgan fingerprint density at radius 2 is 1.97 bits per heavy atom. The van der Waals surface area contributed by atoms with E-state index in [9.17, 15) is 20.2 Å². The summed E-state index contributed by atoms with van der Waals surface area (Å²) < 4.78 is 5.67. The number of nitro benzene ring substituents is 1. The van der Waals surface area contributed by atoms with Crippen molar-refractivity contribution >= 4 is 46.6 Å². The molecule has 3 aromatic rings. The van der Waals surface area contributed by atoms with Gasteiger partial charge >= 0.3 is 0 Å². The SMILES string of the molecule is Cc1ccc([N+](=O)[O-])cc1NC(=O)/C(C#N)=C/c1ccc(-c2cc(Cl)ccc2Cl)o1. The van der Waals surface area contributed by atoms with Gasteiger partial charge in [0, 0.05) is 28.8 Å². The number of carbonyl (C=O) groups is 1. The number of benzene rings is 2. The van der Waals surface area contributed by atoms with Crippen molar-refractivity contribution in [1.82, 2.24) is 0 Å². The van der Waals surface area contributed by atoms with Crippen molar-refractivity contribution in [1.29, 1.82) is 5.26 Å². The van der Waals surface area contributed by atoms with Crippen LogP contribution in [0.4, 0.5) is 11.4 Å². The Morgan fingerprint density at radius 1 is 1.20 bits per heavy atom. The number of nitrogens with one attached hydrogen (secondary N) is 1. The molecule has 0 radical (unpaired) electrons. The lowest BCUT2D eigenvalue weighted by molar-refractivity contribution is -0.384. The predicted octanol–water partition coefficient (Wildman–Crippen LogP) is 6.02. The molecule has 0 saturated heterocycles. The molecule has 1 N–H and O–H groups in total. The Labute approximate surface area is 181 Å². The maximum Gasteiger partial charge on any atom is 0.271 e. The molecule has 0 atom stereocenters. The standard InChI is InChI=1S/C21H13Cl2N3O4/c1-12-2-4-15(26(28)29)10-19(12)25-21(27)13(11-24)8-16-5-7-20(30-16)17-9-14(22)3-6-18(17)23/h2-10H,1H3,(H,25,27)/b13-8+. The van der Waals surface area contributed by atoms with E-state index < -0.39 is 10.8 Å². The molecule has 0 aliphatic carbocycles. The number of rotatable bonds is 5. The van der Waals surface area contributed by atoms with Gasteiger partial charge in [-0.15, -0.1) is 0 Å². The van der Waals surface area contributed by atoms with Crippen LogP contribution in [-0.4, -0.2) is 10.8 Å². The lowest BCUT2D eigenvalue weighted by Crippen LogP contribution is -2.14. The molecule has 0 aliphatic heterocycles. The number of hydrogen-bond donors (Lipinski definition) is 1. The molecular weight excluding hydrogens is 429 g/mol. The number of anilines is 1.